The lowest BCUT2D eigenvalue weighted by Crippen LogP contribution is -2.45. The van der Waals surface area contributed by atoms with E-state index in [1.54, 1.807) is 13.8 Å². The van der Waals surface area contributed by atoms with Crippen molar-refractivity contribution in [2.45, 2.75) is 24.3 Å². The van der Waals surface area contributed by atoms with Crippen molar-refractivity contribution in [3.05, 3.63) is 26.7 Å². The van der Waals surface area contributed by atoms with E-state index in [1.165, 1.54) is 12.1 Å². The highest BCUT2D eigenvalue weighted by molar-refractivity contribution is 9.10. The van der Waals surface area contributed by atoms with Crippen LogP contribution < -0.4 is 10.5 Å². The van der Waals surface area contributed by atoms with E-state index >= 15 is 0 Å². The van der Waals surface area contributed by atoms with Crippen molar-refractivity contribution in [2.24, 2.45) is 5.73 Å². The molecule has 0 aliphatic rings. The summed E-state index contributed by atoms with van der Waals surface area (Å²) in [5, 5.41) is 0.105. The van der Waals surface area contributed by atoms with Crippen LogP contribution in [0.4, 0.5) is 0 Å². The van der Waals surface area contributed by atoms with Crippen LogP contribution in [0.1, 0.15) is 13.8 Å². The molecule has 0 aromatic heterocycles. The smallest absolute Gasteiger partial charge is 0.243 e. The van der Waals surface area contributed by atoms with Gasteiger partial charge in [-0.25, -0.2) is 13.1 Å². The van der Waals surface area contributed by atoms with Gasteiger partial charge in [0, 0.05) is 16.6 Å². The van der Waals surface area contributed by atoms with Crippen molar-refractivity contribution >= 4 is 61.6 Å². The van der Waals surface area contributed by atoms with Crippen molar-refractivity contribution < 1.29 is 8.42 Å². The monoisotopic (exact) mass is 410 g/mol. The molecule has 0 unspecified atom stereocenters. The molecule has 4 nitrogen and oxygen atoms in total. The van der Waals surface area contributed by atoms with Gasteiger partial charge in [-0.2, -0.15) is 0 Å². The van der Waals surface area contributed by atoms with Crippen molar-refractivity contribution in [1.29, 1.82) is 0 Å². The topological polar surface area (TPSA) is 72.2 Å². The molecule has 3 N–H and O–H groups in total. The van der Waals surface area contributed by atoms with E-state index in [-0.39, 0.29) is 33.9 Å². The summed E-state index contributed by atoms with van der Waals surface area (Å²) in [7, 11) is -3.79. The fraction of sp³-hybridized carbons (Fsp3) is 0.400. The zero-order valence-corrected chi connectivity index (χ0v) is 14.9. The van der Waals surface area contributed by atoms with Gasteiger partial charge in [0.2, 0.25) is 10.0 Å². The van der Waals surface area contributed by atoms with E-state index in [0.717, 1.165) is 0 Å². The van der Waals surface area contributed by atoms with E-state index in [4.69, 9.17) is 28.9 Å². The van der Waals surface area contributed by atoms with Gasteiger partial charge < -0.3 is 5.73 Å². The molecule has 0 radical (unpaired) electrons. The molecule has 0 spiro atoms. The third kappa shape index (κ3) is 5.75. The molecule has 1 aromatic carbocycles. The second kappa shape index (κ2) is 6.93. The molecule has 0 aliphatic carbocycles. The average Bonchev–Trinajstić information content (AvgIpc) is 2.11. The maximum absolute atomic E-state index is 12.1. The summed E-state index contributed by atoms with van der Waals surface area (Å²) < 4.78 is 27.1. The van der Waals surface area contributed by atoms with Crippen LogP contribution in [0.25, 0.3) is 0 Å². The lowest BCUT2D eigenvalue weighted by molar-refractivity contribution is 0.498. The van der Waals surface area contributed by atoms with Gasteiger partial charge in [-0.15, -0.1) is 12.4 Å². The first kappa shape index (κ1) is 19.4. The normalized spacial score (nSPS) is 12.1. The minimum absolute atomic E-state index is 0. The van der Waals surface area contributed by atoms with Crippen LogP contribution in [0.3, 0.4) is 0 Å². The first-order chi connectivity index (χ1) is 8.03. The van der Waals surface area contributed by atoms with Gasteiger partial charge in [0.15, 0.2) is 0 Å². The summed E-state index contributed by atoms with van der Waals surface area (Å²) in [6.07, 6.45) is 0. The number of benzene rings is 1. The molecule has 0 atom stereocenters. The van der Waals surface area contributed by atoms with E-state index < -0.39 is 15.6 Å². The summed E-state index contributed by atoms with van der Waals surface area (Å²) in [4.78, 5) is -0.140. The summed E-state index contributed by atoms with van der Waals surface area (Å²) in [5.74, 6) is 0. The maximum Gasteiger partial charge on any atom is 0.243 e. The highest BCUT2D eigenvalue weighted by Gasteiger charge is 2.24. The molecular formula is C10H14BrCl3N2O2S. The van der Waals surface area contributed by atoms with Crippen LogP contribution in [0.2, 0.25) is 10.0 Å². The third-order valence-electron chi connectivity index (χ3n) is 1.95. The van der Waals surface area contributed by atoms with Gasteiger partial charge in [0.05, 0.1) is 10.0 Å². The summed E-state index contributed by atoms with van der Waals surface area (Å²) in [6.45, 7) is 3.50. The Morgan fingerprint density at radius 3 is 2.11 bits per heavy atom. The van der Waals surface area contributed by atoms with Crippen molar-refractivity contribution in [1.82, 2.24) is 4.72 Å². The molecule has 1 aromatic rings. The second-order valence-electron chi connectivity index (χ2n) is 4.51. The summed E-state index contributed by atoms with van der Waals surface area (Å²) in [6, 6.07) is 2.94. The number of sulfonamides is 1. The molecule has 0 fully saturated rings. The molecule has 0 bridgehead atoms. The van der Waals surface area contributed by atoms with Crippen LogP contribution in [0.15, 0.2) is 21.5 Å². The molecule has 9 heteroatoms. The molecule has 0 aliphatic heterocycles. The predicted octanol–water partition coefficient (Wildman–Crippen LogP) is 3.19. The van der Waals surface area contributed by atoms with Gasteiger partial charge >= 0.3 is 0 Å². The van der Waals surface area contributed by atoms with Gasteiger partial charge in [0.1, 0.15) is 4.90 Å². The van der Waals surface area contributed by atoms with Crippen LogP contribution in [0, 0.1) is 0 Å². The first-order valence-corrected chi connectivity index (χ1v) is 7.99. The van der Waals surface area contributed by atoms with E-state index in [2.05, 4.69) is 20.7 Å². The Labute approximate surface area is 137 Å². The van der Waals surface area contributed by atoms with Crippen LogP contribution in [-0.4, -0.2) is 20.5 Å². The Bertz CT molecular complexity index is 535. The second-order valence-corrected chi connectivity index (χ2v) is 7.95. The van der Waals surface area contributed by atoms with Crippen molar-refractivity contribution in [2.75, 3.05) is 6.54 Å². The minimum atomic E-state index is -3.79. The molecule has 19 heavy (non-hydrogen) atoms. The lowest BCUT2D eigenvalue weighted by Gasteiger charge is -2.19. The van der Waals surface area contributed by atoms with Crippen LogP contribution >= 0.6 is 51.5 Å². The predicted molar refractivity (Wildman–Crippen MR) is 84.9 cm³/mol. The Balaban J connectivity index is 0.00000324. The zero-order valence-electron chi connectivity index (χ0n) is 10.2. The van der Waals surface area contributed by atoms with Crippen LogP contribution in [-0.2, 0) is 10.0 Å². The summed E-state index contributed by atoms with van der Waals surface area (Å²) in [5.41, 5.74) is 5.06. The number of nitrogens with one attached hydrogen (secondary N) is 1. The molecule has 1 rings (SSSR count). The molecule has 110 valence electrons. The number of nitrogens with two attached hydrogens (primary N) is 1. The summed E-state index contributed by atoms with van der Waals surface area (Å²) >= 11 is 15.0. The van der Waals surface area contributed by atoms with Crippen molar-refractivity contribution in [3.8, 4) is 0 Å². The third-order valence-corrected chi connectivity index (χ3v) is 4.73. The van der Waals surface area contributed by atoms with Gasteiger partial charge in [-0.05, 0) is 26.0 Å². The fourth-order valence-corrected chi connectivity index (χ4v) is 4.29. The van der Waals surface area contributed by atoms with Crippen LogP contribution in [0.5, 0.6) is 0 Å². The Hall–Kier alpha value is 0.440. The largest absolute Gasteiger partial charge is 0.324 e. The highest BCUT2D eigenvalue weighted by atomic mass is 79.9. The molecular weight excluding hydrogens is 398 g/mol. The maximum atomic E-state index is 12.1. The number of hydrogen-bond donors (Lipinski definition) is 2. The molecule has 0 saturated heterocycles. The Morgan fingerprint density at radius 2 is 1.74 bits per heavy atom. The number of rotatable bonds is 4. The Kier molecular flexibility index (Phi) is 7.09. The molecule has 0 saturated carbocycles. The van der Waals surface area contributed by atoms with Crippen molar-refractivity contribution in [3.63, 3.8) is 0 Å². The van der Waals surface area contributed by atoms with E-state index in [0.29, 0.717) is 4.47 Å². The first-order valence-electron chi connectivity index (χ1n) is 4.96. The standard InChI is InChI=1S/C10H13BrCl2N2O2S.ClH/c1-10(2,14)5-15-18(16,17)9-7(12)3-6(11)4-8(9)13;/h3-4,15H,5,14H2,1-2H3;1H. The molecule has 0 heterocycles. The van der Waals surface area contributed by atoms with Gasteiger partial charge in [-0.1, -0.05) is 39.1 Å². The molecule has 0 amide bonds. The Morgan fingerprint density at radius 1 is 1.32 bits per heavy atom. The van der Waals surface area contributed by atoms with E-state index in [9.17, 15) is 8.42 Å². The fourth-order valence-electron chi connectivity index (χ4n) is 1.14. The number of halogens is 4. The van der Waals surface area contributed by atoms with E-state index in [1.807, 2.05) is 0 Å². The average molecular weight is 413 g/mol. The highest BCUT2D eigenvalue weighted by Crippen LogP contribution is 2.32. The van der Waals surface area contributed by atoms with Gasteiger partial charge in [0.25, 0.3) is 0 Å². The lowest BCUT2D eigenvalue weighted by atomic mass is 10.1. The number of hydrogen-bond acceptors (Lipinski definition) is 3. The SMILES string of the molecule is CC(C)(N)CNS(=O)(=O)c1c(Cl)cc(Br)cc1Cl.Cl. The van der Waals surface area contributed by atoms with Gasteiger partial charge in [-0.3, -0.25) is 0 Å². The quantitative estimate of drug-likeness (QED) is 0.798. The zero-order chi connectivity index (χ0) is 14.1. The minimum Gasteiger partial charge on any atom is -0.324 e.